The molecule has 8 nitrogen and oxygen atoms in total. The molecule has 2 heterocycles. The molecule has 1 aromatic rings. The number of nitrogens with zero attached hydrogens (tertiary/aromatic N) is 4. The van der Waals surface area contributed by atoms with Crippen LogP contribution in [0.15, 0.2) is 12.3 Å². The lowest BCUT2D eigenvalue weighted by atomic mass is 10.1. The Kier molecular flexibility index (Phi) is 5.39. The van der Waals surface area contributed by atoms with Gasteiger partial charge in [0.25, 0.3) is 0 Å². The number of rotatable bonds is 5. The van der Waals surface area contributed by atoms with Crippen molar-refractivity contribution in [2.75, 3.05) is 26.7 Å². The zero-order chi connectivity index (χ0) is 18.0. The maximum atomic E-state index is 12.5. The van der Waals surface area contributed by atoms with Gasteiger partial charge in [-0.1, -0.05) is 0 Å². The predicted molar refractivity (Wildman–Crippen MR) is 91.8 cm³/mol. The number of aliphatic hydroxyl groups is 1. The first kappa shape index (κ1) is 17.9. The first-order valence-electron chi connectivity index (χ1n) is 8.90. The second-order valence-electron chi connectivity index (χ2n) is 6.97. The number of carbonyl (C=O) groups is 2. The van der Waals surface area contributed by atoms with Gasteiger partial charge in [-0.2, -0.15) is 5.10 Å². The number of amides is 2. The lowest BCUT2D eigenvalue weighted by molar-refractivity contribution is -0.135. The minimum Gasteiger partial charge on any atom is -0.389 e. The number of piperazine rings is 1. The molecular formula is C17H27N5O3. The normalized spacial score (nSPS) is 27.3. The van der Waals surface area contributed by atoms with Crippen LogP contribution in [0.25, 0.3) is 0 Å². The summed E-state index contributed by atoms with van der Waals surface area (Å²) in [5.41, 5.74) is 1.03. The van der Waals surface area contributed by atoms with Crippen LogP contribution < -0.4 is 5.32 Å². The van der Waals surface area contributed by atoms with Gasteiger partial charge in [-0.3, -0.25) is 19.2 Å². The van der Waals surface area contributed by atoms with Crippen molar-refractivity contribution in [1.29, 1.82) is 0 Å². The molecule has 1 aliphatic heterocycles. The van der Waals surface area contributed by atoms with Crippen LogP contribution in [0, 0.1) is 6.92 Å². The highest BCUT2D eigenvalue weighted by Gasteiger charge is 2.42. The molecule has 0 bridgehead atoms. The minimum absolute atomic E-state index is 0.000855. The predicted octanol–water partition coefficient (Wildman–Crippen LogP) is -0.636. The summed E-state index contributed by atoms with van der Waals surface area (Å²) in [5, 5.41) is 17.7. The molecule has 8 heteroatoms. The van der Waals surface area contributed by atoms with E-state index in [0.717, 1.165) is 25.1 Å². The van der Waals surface area contributed by atoms with Crippen LogP contribution in [0.2, 0.25) is 0 Å². The van der Waals surface area contributed by atoms with E-state index in [1.807, 2.05) is 22.6 Å². The smallest absolute Gasteiger partial charge is 0.234 e. The third kappa shape index (κ3) is 3.85. The Morgan fingerprint density at radius 1 is 1.48 bits per heavy atom. The van der Waals surface area contributed by atoms with Gasteiger partial charge in [-0.05, 0) is 25.8 Å². The topological polar surface area (TPSA) is 90.7 Å². The molecule has 0 radical (unpaired) electrons. The van der Waals surface area contributed by atoms with Crippen molar-refractivity contribution in [2.45, 2.75) is 50.9 Å². The van der Waals surface area contributed by atoms with Crippen LogP contribution in [0.3, 0.4) is 0 Å². The Morgan fingerprint density at radius 2 is 2.28 bits per heavy atom. The van der Waals surface area contributed by atoms with Gasteiger partial charge in [-0.25, -0.2) is 0 Å². The molecule has 2 fully saturated rings. The van der Waals surface area contributed by atoms with Gasteiger partial charge in [0.15, 0.2) is 0 Å². The Bertz CT molecular complexity index is 632. The monoisotopic (exact) mass is 349 g/mol. The molecule has 25 heavy (non-hydrogen) atoms. The zero-order valence-electron chi connectivity index (χ0n) is 14.9. The van der Waals surface area contributed by atoms with Crippen molar-refractivity contribution in [1.82, 2.24) is 24.9 Å². The Morgan fingerprint density at radius 3 is 2.96 bits per heavy atom. The molecule has 1 aromatic heterocycles. The summed E-state index contributed by atoms with van der Waals surface area (Å²) in [7, 11) is 1.76. The number of hydrogen-bond donors (Lipinski definition) is 2. The van der Waals surface area contributed by atoms with Gasteiger partial charge in [0, 0.05) is 51.0 Å². The summed E-state index contributed by atoms with van der Waals surface area (Å²) >= 11 is 0. The van der Waals surface area contributed by atoms with Crippen molar-refractivity contribution in [3.63, 3.8) is 0 Å². The van der Waals surface area contributed by atoms with Gasteiger partial charge in [0.1, 0.15) is 0 Å². The number of aryl methyl sites for hydroxylation is 2. The largest absolute Gasteiger partial charge is 0.389 e. The molecule has 0 spiro atoms. The average molecular weight is 349 g/mol. The second kappa shape index (κ2) is 7.53. The van der Waals surface area contributed by atoms with Crippen molar-refractivity contribution in [3.8, 4) is 0 Å². The van der Waals surface area contributed by atoms with E-state index in [-0.39, 0.29) is 23.9 Å². The van der Waals surface area contributed by atoms with E-state index in [4.69, 9.17) is 0 Å². The van der Waals surface area contributed by atoms with E-state index in [1.165, 1.54) is 0 Å². The van der Waals surface area contributed by atoms with E-state index in [1.54, 1.807) is 18.1 Å². The molecule has 2 aliphatic rings. The summed E-state index contributed by atoms with van der Waals surface area (Å²) in [6, 6.07) is 1.66. The molecule has 0 aromatic carbocycles. The number of aromatic nitrogens is 2. The molecule has 0 unspecified atom stereocenters. The minimum atomic E-state index is -0.619. The van der Waals surface area contributed by atoms with Gasteiger partial charge in [-0.15, -0.1) is 0 Å². The zero-order valence-corrected chi connectivity index (χ0v) is 14.9. The van der Waals surface area contributed by atoms with Gasteiger partial charge >= 0.3 is 0 Å². The first-order valence-corrected chi connectivity index (χ1v) is 8.90. The second-order valence-corrected chi connectivity index (χ2v) is 6.97. The summed E-state index contributed by atoms with van der Waals surface area (Å²) < 4.78 is 1.81. The van der Waals surface area contributed by atoms with Crippen molar-refractivity contribution < 1.29 is 14.7 Å². The molecule has 3 rings (SSSR count). The molecule has 1 saturated heterocycles. The lowest BCUT2D eigenvalue weighted by Crippen LogP contribution is -2.55. The van der Waals surface area contributed by atoms with Crippen molar-refractivity contribution in [3.05, 3.63) is 18.0 Å². The van der Waals surface area contributed by atoms with Crippen LogP contribution in [0.4, 0.5) is 0 Å². The molecule has 2 amide bonds. The van der Waals surface area contributed by atoms with E-state index < -0.39 is 6.10 Å². The van der Waals surface area contributed by atoms with E-state index in [2.05, 4.69) is 10.4 Å². The Balaban J connectivity index is 1.55. The maximum Gasteiger partial charge on any atom is 0.234 e. The molecule has 2 N–H and O–H groups in total. The number of carbonyl (C=O) groups excluding carboxylic acids is 2. The molecule has 1 saturated carbocycles. The van der Waals surface area contributed by atoms with Gasteiger partial charge < -0.3 is 15.3 Å². The highest BCUT2D eigenvalue weighted by atomic mass is 16.3. The first-order chi connectivity index (χ1) is 12.0. The van der Waals surface area contributed by atoms with E-state index in [0.29, 0.717) is 26.1 Å². The van der Waals surface area contributed by atoms with Crippen LogP contribution in [0.1, 0.15) is 25.0 Å². The van der Waals surface area contributed by atoms with E-state index in [9.17, 15) is 14.7 Å². The summed E-state index contributed by atoms with van der Waals surface area (Å²) in [6.45, 7) is 4.19. The maximum absolute atomic E-state index is 12.5. The Hall–Kier alpha value is -1.93. The fourth-order valence-corrected chi connectivity index (χ4v) is 3.90. The number of likely N-dealkylation sites (N-methyl/N-ethyl adjacent to an activating group) is 1. The van der Waals surface area contributed by atoms with Crippen molar-refractivity contribution >= 4 is 11.8 Å². The lowest BCUT2D eigenvalue weighted by Gasteiger charge is -2.36. The average Bonchev–Trinajstić information content (AvgIpc) is 3.17. The van der Waals surface area contributed by atoms with Gasteiger partial charge in [0.05, 0.1) is 18.7 Å². The van der Waals surface area contributed by atoms with Crippen LogP contribution in [-0.4, -0.2) is 81.4 Å². The van der Waals surface area contributed by atoms with Crippen LogP contribution in [-0.2, 0) is 16.1 Å². The molecule has 138 valence electrons. The number of aliphatic hydroxyl groups excluding tert-OH is 1. The van der Waals surface area contributed by atoms with Gasteiger partial charge in [0.2, 0.25) is 11.8 Å². The van der Waals surface area contributed by atoms with Crippen LogP contribution >= 0.6 is 0 Å². The summed E-state index contributed by atoms with van der Waals surface area (Å²) in [6.07, 6.45) is 3.02. The van der Waals surface area contributed by atoms with E-state index >= 15 is 0 Å². The number of hydrogen-bond acceptors (Lipinski definition) is 5. The fraction of sp³-hybridized carbons (Fsp3) is 0.706. The van der Waals surface area contributed by atoms with Crippen molar-refractivity contribution in [2.24, 2.45) is 0 Å². The fourth-order valence-electron chi connectivity index (χ4n) is 3.90. The van der Waals surface area contributed by atoms with Crippen LogP contribution in [0.5, 0.6) is 0 Å². The molecule has 3 atom stereocenters. The highest BCUT2D eigenvalue weighted by Crippen LogP contribution is 2.28. The summed E-state index contributed by atoms with van der Waals surface area (Å²) in [4.78, 5) is 27.8. The quantitative estimate of drug-likeness (QED) is 0.738. The number of nitrogens with one attached hydrogen (secondary N) is 1. The highest BCUT2D eigenvalue weighted by molar-refractivity contribution is 5.78. The summed E-state index contributed by atoms with van der Waals surface area (Å²) in [5.74, 6) is 0.0110. The molecular weight excluding hydrogens is 322 g/mol. The standard InChI is InChI=1S/C17H27N5O3/c1-12-5-7-19-22(12)9-6-16(24)20(2)13-3-4-14(17(13)25)21-10-8-18-15(23)11-21/h5,7,13-14,17,25H,3-4,6,8-11H2,1-2H3,(H,18,23)/t13-,14-,17-/m1/s1. The SMILES string of the molecule is Cc1ccnn1CCC(=O)N(C)[C@@H]1CC[C@@H](N2CCNC(=O)C2)[C@@H]1O. The Labute approximate surface area is 147 Å². The molecule has 1 aliphatic carbocycles. The third-order valence-corrected chi connectivity index (χ3v) is 5.44. The third-order valence-electron chi connectivity index (χ3n) is 5.44.